The van der Waals surface area contributed by atoms with Crippen molar-refractivity contribution in [1.82, 2.24) is 0 Å². The number of halogens is 1. The van der Waals surface area contributed by atoms with Crippen LogP contribution < -0.4 is 17.7 Å². The minimum Gasteiger partial charge on any atom is -1.00 e. The van der Waals surface area contributed by atoms with Crippen LogP contribution in [0.5, 0.6) is 0 Å². The van der Waals surface area contributed by atoms with E-state index >= 15 is 0 Å². The summed E-state index contributed by atoms with van der Waals surface area (Å²) in [6, 6.07) is 5.23. The Morgan fingerprint density at radius 3 is 2.46 bits per heavy atom. The maximum Gasteiger partial charge on any atom is 0.385 e. The average Bonchev–Trinajstić information content (AvgIpc) is 2.03. The van der Waals surface area contributed by atoms with E-state index in [9.17, 15) is 4.57 Å². The smallest absolute Gasteiger partial charge is 0.385 e. The zero-order valence-electron chi connectivity index (χ0n) is 6.33. The lowest BCUT2D eigenvalue weighted by Gasteiger charge is -1.99. The summed E-state index contributed by atoms with van der Waals surface area (Å²) in [7, 11) is -4.23. The van der Waals surface area contributed by atoms with Crippen LogP contribution in [0, 0.1) is 5.39 Å². The Bertz CT molecular complexity index is 384. The fraction of sp³-hybridized carbons (Fsp3) is 0. The molecule has 0 saturated heterocycles. The molecule has 0 heterocycles. The lowest BCUT2D eigenvalue weighted by atomic mass is 10.3. The normalized spacial score (nSPS) is 9.92. The molecule has 1 aromatic carbocycles. The van der Waals surface area contributed by atoms with E-state index in [0.717, 1.165) is 6.07 Å². The minimum absolute atomic E-state index is 0. The van der Waals surface area contributed by atoms with Crippen molar-refractivity contribution in [2.75, 3.05) is 0 Å². The predicted octanol–water partition coefficient (Wildman–Crippen LogP) is -2.02. The van der Waals surface area contributed by atoms with Crippen LogP contribution in [-0.4, -0.2) is 9.79 Å². The van der Waals surface area contributed by atoms with Gasteiger partial charge in [0, 0.05) is 12.1 Å². The summed E-state index contributed by atoms with van der Waals surface area (Å²) in [6.07, 6.45) is 0. The molecule has 5 nitrogen and oxygen atoms in total. The van der Waals surface area contributed by atoms with Gasteiger partial charge >= 0.3 is 13.3 Å². The molecule has 1 rings (SSSR count). The minimum atomic E-state index is -4.23. The van der Waals surface area contributed by atoms with Crippen molar-refractivity contribution in [2.24, 2.45) is 0 Å². The van der Waals surface area contributed by atoms with Crippen LogP contribution in [0.25, 0.3) is 4.98 Å². The fourth-order valence-corrected chi connectivity index (χ4v) is 1.32. The molecule has 7 heteroatoms. The van der Waals surface area contributed by atoms with Gasteiger partial charge in [-0.3, -0.25) is 4.57 Å². The zero-order chi connectivity index (χ0) is 9.19. The Kier molecular flexibility index (Phi) is 4.05. The van der Waals surface area contributed by atoms with E-state index in [1.165, 1.54) is 18.2 Å². The summed E-state index contributed by atoms with van der Waals surface area (Å²) in [5.74, 6) is 0. The van der Waals surface area contributed by atoms with Crippen LogP contribution in [-0.2, 0) is 4.57 Å². The van der Waals surface area contributed by atoms with Crippen LogP contribution >= 0.6 is 7.60 Å². The molecule has 1 aromatic rings. The number of nitrogens with zero attached hydrogens (tertiary/aromatic N) is 2. The van der Waals surface area contributed by atoms with E-state index in [-0.39, 0.29) is 23.4 Å². The van der Waals surface area contributed by atoms with Gasteiger partial charge in [0.1, 0.15) is 0 Å². The van der Waals surface area contributed by atoms with Gasteiger partial charge in [-0.15, -0.1) is 0 Å². The predicted molar refractivity (Wildman–Crippen MR) is 42.9 cm³/mol. The fourth-order valence-electron chi connectivity index (χ4n) is 0.736. The largest absolute Gasteiger partial charge is 1.00 e. The van der Waals surface area contributed by atoms with E-state index in [2.05, 4.69) is 4.98 Å². The SMILES string of the molecule is N#[N+]c1cccc(P(=O)(O)O)c1.[Cl-]. The molecule has 0 aromatic heterocycles. The van der Waals surface area contributed by atoms with Crippen molar-refractivity contribution < 1.29 is 26.8 Å². The van der Waals surface area contributed by atoms with Crippen LogP contribution in [0.3, 0.4) is 0 Å². The molecule has 0 radical (unpaired) electrons. The second kappa shape index (κ2) is 4.35. The molecule has 0 bridgehead atoms. The third kappa shape index (κ3) is 3.13. The molecule has 2 N–H and O–H groups in total. The van der Waals surface area contributed by atoms with E-state index in [4.69, 9.17) is 15.2 Å². The van der Waals surface area contributed by atoms with Crippen LogP contribution in [0.1, 0.15) is 0 Å². The summed E-state index contributed by atoms with van der Waals surface area (Å²) in [6.45, 7) is 0. The standard InChI is InChI=1S/C6H5N2O3P.ClH/c7-8-5-2-1-3-6(4-5)12(9,10)11;/h1-4H,(H-,9,10,11);1H. The maximum atomic E-state index is 10.7. The molecule has 0 fully saturated rings. The monoisotopic (exact) mass is 220 g/mol. The number of rotatable bonds is 1. The molecular formula is C6H6ClN2O3P. The number of diazo groups is 1. The molecule has 0 spiro atoms. The number of hydrogen-bond donors (Lipinski definition) is 2. The zero-order valence-corrected chi connectivity index (χ0v) is 7.98. The van der Waals surface area contributed by atoms with Gasteiger partial charge in [-0.1, -0.05) is 6.07 Å². The Morgan fingerprint density at radius 1 is 1.38 bits per heavy atom. The van der Waals surface area contributed by atoms with E-state index in [1.54, 1.807) is 0 Å². The first-order valence-electron chi connectivity index (χ1n) is 3.05. The van der Waals surface area contributed by atoms with Crippen LogP contribution in [0.2, 0.25) is 0 Å². The Morgan fingerprint density at radius 2 is 2.00 bits per heavy atom. The van der Waals surface area contributed by atoms with Gasteiger partial charge in [0.05, 0.1) is 5.30 Å². The van der Waals surface area contributed by atoms with Gasteiger partial charge in [0.25, 0.3) is 0 Å². The molecular weight excluding hydrogens is 215 g/mol. The third-order valence-electron chi connectivity index (χ3n) is 1.28. The Hall–Kier alpha value is -0.920. The molecule has 0 aliphatic carbocycles. The lowest BCUT2D eigenvalue weighted by molar-refractivity contribution is -0.00000762. The molecule has 70 valence electrons. The van der Waals surface area contributed by atoms with E-state index < -0.39 is 7.60 Å². The average molecular weight is 221 g/mol. The first-order valence-corrected chi connectivity index (χ1v) is 4.66. The molecule has 13 heavy (non-hydrogen) atoms. The highest BCUT2D eigenvalue weighted by Gasteiger charge is 2.19. The molecule has 0 atom stereocenters. The second-order valence-electron chi connectivity index (χ2n) is 2.16. The lowest BCUT2D eigenvalue weighted by Crippen LogP contribution is -3.00. The van der Waals surface area contributed by atoms with Crippen molar-refractivity contribution in [2.45, 2.75) is 0 Å². The van der Waals surface area contributed by atoms with Gasteiger partial charge in [-0.05, 0) is 6.07 Å². The van der Waals surface area contributed by atoms with Crippen molar-refractivity contribution in [3.05, 3.63) is 29.2 Å². The van der Waals surface area contributed by atoms with Crippen LogP contribution in [0.15, 0.2) is 24.3 Å². The van der Waals surface area contributed by atoms with E-state index in [0.29, 0.717) is 0 Å². The third-order valence-corrected chi connectivity index (χ3v) is 2.23. The number of hydrogen-bond acceptors (Lipinski definition) is 2. The van der Waals surface area contributed by atoms with Gasteiger partial charge in [0.2, 0.25) is 5.39 Å². The quantitative estimate of drug-likeness (QED) is 0.423. The second-order valence-corrected chi connectivity index (χ2v) is 3.77. The van der Waals surface area contributed by atoms with Crippen molar-refractivity contribution in [3.63, 3.8) is 0 Å². The summed E-state index contributed by atoms with van der Waals surface area (Å²) in [5.41, 5.74) is 0.121. The molecule has 0 aliphatic heterocycles. The van der Waals surface area contributed by atoms with Gasteiger partial charge in [-0.2, -0.15) is 0 Å². The van der Waals surface area contributed by atoms with Gasteiger partial charge < -0.3 is 22.2 Å². The van der Waals surface area contributed by atoms with Crippen molar-refractivity contribution in [1.29, 1.82) is 5.39 Å². The topological polar surface area (TPSA) is 85.7 Å². The van der Waals surface area contributed by atoms with Gasteiger partial charge in [0.15, 0.2) is 4.98 Å². The molecule has 0 aliphatic rings. The maximum absolute atomic E-state index is 10.7. The highest BCUT2D eigenvalue weighted by atomic mass is 35.5. The molecule has 0 amide bonds. The first-order chi connectivity index (χ1) is 5.54. The molecule has 0 unspecified atom stereocenters. The highest BCUT2D eigenvalue weighted by molar-refractivity contribution is 7.60. The van der Waals surface area contributed by atoms with Crippen molar-refractivity contribution in [3.8, 4) is 0 Å². The Balaban J connectivity index is 0.00000144. The van der Waals surface area contributed by atoms with Crippen LogP contribution in [0.4, 0.5) is 5.69 Å². The highest BCUT2D eigenvalue weighted by Crippen LogP contribution is 2.33. The number of benzene rings is 1. The van der Waals surface area contributed by atoms with E-state index in [1.807, 2.05) is 0 Å². The van der Waals surface area contributed by atoms with Crippen molar-refractivity contribution >= 4 is 18.6 Å². The summed E-state index contributed by atoms with van der Waals surface area (Å²) in [4.78, 5) is 20.2. The summed E-state index contributed by atoms with van der Waals surface area (Å²) in [5, 5.41) is 8.14. The first kappa shape index (κ1) is 12.1. The molecule has 0 saturated carbocycles. The summed E-state index contributed by atoms with van der Waals surface area (Å²) >= 11 is 0. The Labute approximate surface area is 80.6 Å². The summed E-state index contributed by atoms with van der Waals surface area (Å²) < 4.78 is 10.7. The van der Waals surface area contributed by atoms with Gasteiger partial charge in [-0.25, -0.2) is 0 Å².